The van der Waals surface area contributed by atoms with Crippen molar-refractivity contribution in [3.05, 3.63) is 53.6 Å². The van der Waals surface area contributed by atoms with E-state index in [9.17, 15) is 26.5 Å². The second-order valence-electron chi connectivity index (χ2n) is 8.06. The number of benzene rings is 3. The van der Waals surface area contributed by atoms with Crippen LogP contribution in [-0.2, 0) is 26.6 Å². The number of nitrogens with two attached hydrogens (primary N) is 2. The van der Waals surface area contributed by atoms with Crippen LogP contribution in [0, 0.1) is 6.92 Å². The minimum atomic E-state index is -4.85. The number of hydrogen-bond donors (Lipinski definition) is 5. The van der Waals surface area contributed by atoms with Gasteiger partial charge < -0.3 is 26.4 Å². The molecule has 0 atom stereocenters. The molecule has 3 aromatic carbocycles. The summed E-state index contributed by atoms with van der Waals surface area (Å²) in [4.78, 5) is -1.01. The largest absolute Gasteiger partial charge is 0.494 e. The van der Waals surface area contributed by atoms with Crippen LogP contribution in [-0.4, -0.2) is 51.1 Å². The first-order chi connectivity index (χ1) is 18.3. The Bertz CT molecular complexity index is 1670. The maximum absolute atomic E-state index is 12.5. The Kier molecular flexibility index (Phi) is 8.98. The molecule has 0 spiro atoms. The van der Waals surface area contributed by atoms with Gasteiger partial charge in [0.15, 0.2) is 9.84 Å². The molecule has 0 aromatic heterocycles. The Hall–Kier alpha value is -3.96. The number of nitrogens with zero attached hydrogens (tertiary/aromatic N) is 4. The summed E-state index contributed by atoms with van der Waals surface area (Å²) in [7, 11) is -7.56. The maximum atomic E-state index is 12.5. The predicted octanol–water partition coefficient (Wildman–Crippen LogP) is 3.50. The molecule has 3 aromatic rings. The fraction of sp³-hybridized carbons (Fsp3) is 0.217. The summed E-state index contributed by atoms with van der Waals surface area (Å²) in [5.41, 5.74) is 12.0. The van der Waals surface area contributed by atoms with Crippen LogP contribution in [0.5, 0.6) is 5.75 Å². The van der Waals surface area contributed by atoms with Gasteiger partial charge >= 0.3 is 0 Å². The average Bonchev–Trinajstić information content (AvgIpc) is 2.87. The molecule has 14 nitrogen and oxygen atoms in total. The topological polar surface area (TPSA) is 240 Å². The summed E-state index contributed by atoms with van der Waals surface area (Å²) in [5, 5.41) is 34.8. The summed E-state index contributed by atoms with van der Waals surface area (Å²) in [5.74, 6) is -0.638. The Morgan fingerprint density at radius 1 is 0.846 bits per heavy atom. The quantitative estimate of drug-likeness (QED) is 0.133. The van der Waals surface area contributed by atoms with E-state index < -0.39 is 49.5 Å². The fourth-order valence-electron chi connectivity index (χ4n) is 3.43. The van der Waals surface area contributed by atoms with Crippen LogP contribution in [0.2, 0.25) is 0 Å². The van der Waals surface area contributed by atoms with Gasteiger partial charge in [-0.05, 0) is 36.2 Å². The maximum Gasteiger partial charge on any atom is 0.296 e. The van der Waals surface area contributed by atoms with Crippen molar-refractivity contribution < 1.29 is 36.3 Å². The van der Waals surface area contributed by atoms with E-state index in [-0.39, 0.29) is 39.0 Å². The molecule has 0 aliphatic rings. The summed E-state index contributed by atoms with van der Waals surface area (Å²) in [6.07, 6.45) is 0. The van der Waals surface area contributed by atoms with E-state index >= 15 is 0 Å². The smallest absolute Gasteiger partial charge is 0.296 e. The Morgan fingerprint density at radius 3 is 2.08 bits per heavy atom. The SMILES string of the molecule is COc1cc(S(=O)(=O)CCO)c(CO)cc1N=Nc1cc(S(=O)(=O)O)c(N)c(N=Nc2ccccc2C)c1N. The third kappa shape index (κ3) is 6.55. The van der Waals surface area contributed by atoms with E-state index in [1.165, 1.54) is 13.2 Å². The van der Waals surface area contributed by atoms with E-state index in [2.05, 4.69) is 20.5 Å². The number of ether oxygens (including phenoxy) is 1. The molecule has 0 radical (unpaired) electrons. The average molecular weight is 579 g/mol. The lowest BCUT2D eigenvalue weighted by Gasteiger charge is -2.13. The number of anilines is 2. The fourth-order valence-corrected chi connectivity index (χ4v) is 5.34. The number of sulfone groups is 1. The molecule has 0 aliphatic heterocycles. The second kappa shape index (κ2) is 11.8. The first kappa shape index (κ1) is 29.6. The van der Waals surface area contributed by atoms with Crippen LogP contribution >= 0.6 is 0 Å². The first-order valence-electron chi connectivity index (χ1n) is 11.1. The van der Waals surface area contributed by atoms with Gasteiger partial charge in [-0.25, -0.2) is 8.42 Å². The lowest BCUT2D eigenvalue weighted by atomic mass is 10.2. The van der Waals surface area contributed by atoms with E-state index in [0.717, 1.165) is 17.7 Å². The van der Waals surface area contributed by atoms with Crippen molar-refractivity contribution in [2.24, 2.45) is 20.5 Å². The number of aliphatic hydroxyl groups is 2. The highest BCUT2D eigenvalue weighted by Gasteiger charge is 2.24. The molecule has 0 aliphatic carbocycles. The third-order valence-electron chi connectivity index (χ3n) is 5.46. The van der Waals surface area contributed by atoms with Crippen molar-refractivity contribution in [1.29, 1.82) is 0 Å². The molecule has 7 N–H and O–H groups in total. The van der Waals surface area contributed by atoms with Crippen LogP contribution in [0.4, 0.5) is 34.1 Å². The Balaban J connectivity index is 2.18. The second-order valence-corrected chi connectivity index (χ2v) is 11.5. The van der Waals surface area contributed by atoms with Gasteiger partial charge in [-0.15, -0.1) is 15.3 Å². The molecule has 16 heteroatoms. The van der Waals surface area contributed by atoms with E-state index in [1.54, 1.807) is 31.2 Å². The van der Waals surface area contributed by atoms with Crippen molar-refractivity contribution in [2.45, 2.75) is 23.3 Å². The zero-order valence-electron chi connectivity index (χ0n) is 20.8. The molecular formula is C23H26N6O8S2. The monoisotopic (exact) mass is 578 g/mol. The number of rotatable bonds is 10. The predicted molar refractivity (Wildman–Crippen MR) is 143 cm³/mol. The van der Waals surface area contributed by atoms with E-state index in [1.807, 2.05) is 0 Å². The zero-order chi connectivity index (χ0) is 29.0. The van der Waals surface area contributed by atoms with Crippen LogP contribution < -0.4 is 16.2 Å². The molecule has 39 heavy (non-hydrogen) atoms. The van der Waals surface area contributed by atoms with Gasteiger partial charge in [0.05, 0.1) is 48.0 Å². The summed E-state index contributed by atoms with van der Waals surface area (Å²) >= 11 is 0. The number of hydrogen-bond acceptors (Lipinski definition) is 13. The van der Waals surface area contributed by atoms with Gasteiger partial charge in [0.2, 0.25) is 0 Å². The van der Waals surface area contributed by atoms with Crippen LogP contribution in [0.1, 0.15) is 11.1 Å². The minimum absolute atomic E-state index is 0.0442. The Labute approximate surface area is 224 Å². The molecule has 3 rings (SSSR count). The number of aliphatic hydroxyl groups excluding tert-OH is 2. The summed E-state index contributed by atoms with van der Waals surface area (Å²) < 4.78 is 63.9. The molecule has 0 fully saturated rings. The first-order valence-corrected chi connectivity index (χ1v) is 14.2. The number of azo groups is 2. The lowest BCUT2D eigenvalue weighted by Crippen LogP contribution is -2.12. The minimum Gasteiger partial charge on any atom is -0.494 e. The van der Waals surface area contributed by atoms with Crippen LogP contribution in [0.15, 0.2) is 72.7 Å². The zero-order valence-corrected chi connectivity index (χ0v) is 22.4. The molecule has 0 amide bonds. The van der Waals surface area contributed by atoms with E-state index in [0.29, 0.717) is 5.69 Å². The number of aryl methyl sites for hydroxylation is 1. The lowest BCUT2D eigenvalue weighted by molar-refractivity contribution is 0.278. The number of nitrogen functional groups attached to an aromatic ring is 2. The van der Waals surface area contributed by atoms with Gasteiger partial charge in [0.25, 0.3) is 10.1 Å². The molecule has 0 saturated carbocycles. The highest BCUT2D eigenvalue weighted by Crippen LogP contribution is 2.44. The highest BCUT2D eigenvalue weighted by atomic mass is 32.2. The van der Waals surface area contributed by atoms with Gasteiger partial charge in [0, 0.05) is 6.07 Å². The molecular weight excluding hydrogens is 552 g/mol. The standard InChI is InChI=1S/C23H26N6O8S2/c1-13-5-3-4-6-15(13)26-29-23-21(24)17(10-20(22(23)25)39(34,35)36)28-27-16-9-14(12-31)19(11-18(16)37-2)38(32,33)8-7-30/h3-6,9-11,30-31H,7-8,12,24-25H2,1-2H3,(H,34,35,36). The van der Waals surface area contributed by atoms with Crippen molar-refractivity contribution in [1.82, 2.24) is 0 Å². The van der Waals surface area contributed by atoms with Crippen molar-refractivity contribution in [2.75, 3.05) is 30.9 Å². The van der Waals surface area contributed by atoms with Gasteiger partial charge in [-0.1, -0.05) is 18.2 Å². The van der Waals surface area contributed by atoms with Crippen LogP contribution in [0.25, 0.3) is 0 Å². The molecule has 0 unspecified atom stereocenters. The van der Waals surface area contributed by atoms with Gasteiger partial charge in [-0.3, -0.25) is 4.55 Å². The Morgan fingerprint density at radius 2 is 1.49 bits per heavy atom. The van der Waals surface area contributed by atoms with E-state index in [4.69, 9.17) is 21.3 Å². The van der Waals surface area contributed by atoms with Crippen molar-refractivity contribution >= 4 is 54.1 Å². The molecule has 208 valence electrons. The molecule has 0 bridgehead atoms. The summed E-state index contributed by atoms with van der Waals surface area (Å²) in [6.45, 7) is 0.462. The molecule has 0 heterocycles. The molecule has 0 saturated heterocycles. The highest BCUT2D eigenvalue weighted by molar-refractivity contribution is 7.91. The normalized spacial score (nSPS) is 12.4. The van der Waals surface area contributed by atoms with Crippen molar-refractivity contribution in [3.8, 4) is 5.75 Å². The van der Waals surface area contributed by atoms with Gasteiger partial charge in [0.1, 0.15) is 27.7 Å². The van der Waals surface area contributed by atoms with Gasteiger partial charge in [-0.2, -0.15) is 13.5 Å². The summed E-state index contributed by atoms with van der Waals surface area (Å²) in [6, 6.07) is 10.1. The van der Waals surface area contributed by atoms with Crippen LogP contribution in [0.3, 0.4) is 0 Å². The third-order valence-corrected chi connectivity index (χ3v) is 8.13. The van der Waals surface area contributed by atoms with Crippen molar-refractivity contribution in [3.63, 3.8) is 0 Å². The number of methoxy groups -OCH3 is 1.